The molecule has 1 aliphatic rings. The Bertz CT molecular complexity index is 546. The van der Waals surface area contributed by atoms with E-state index in [9.17, 15) is 8.42 Å². The van der Waals surface area contributed by atoms with Crippen LogP contribution in [0.15, 0.2) is 30.3 Å². The zero-order chi connectivity index (χ0) is 14.4. The number of rotatable bonds is 5. The maximum atomic E-state index is 11.3. The summed E-state index contributed by atoms with van der Waals surface area (Å²) in [6.45, 7) is 1.35. The van der Waals surface area contributed by atoms with Gasteiger partial charge in [0.15, 0.2) is 14.9 Å². The predicted molar refractivity (Wildman–Crippen MR) is 85.7 cm³/mol. The molecular weight excluding hydrogens is 294 g/mol. The van der Waals surface area contributed by atoms with Crippen LogP contribution in [0.4, 0.5) is 5.69 Å². The number of hydrogen-bond donors (Lipinski definition) is 3. The number of hydrogen-bond acceptors (Lipinski definition) is 4. The van der Waals surface area contributed by atoms with E-state index >= 15 is 0 Å². The molecule has 110 valence electrons. The molecule has 0 spiro atoms. The van der Waals surface area contributed by atoms with Crippen molar-refractivity contribution >= 4 is 32.9 Å². The summed E-state index contributed by atoms with van der Waals surface area (Å²) >= 11 is 5.17. The quantitative estimate of drug-likeness (QED) is 0.550. The molecule has 7 heteroatoms. The summed E-state index contributed by atoms with van der Waals surface area (Å²) in [4.78, 5) is 0. The highest BCUT2D eigenvalue weighted by Gasteiger charge is 2.26. The van der Waals surface area contributed by atoms with Gasteiger partial charge in [-0.25, -0.2) is 8.42 Å². The fourth-order valence-corrected chi connectivity index (χ4v) is 4.03. The molecule has 1 atom stereocenters. The van der Waals surface area contributed by atoms with E-state index in [2.05, 4.69) is 16.0 Å². The average molecular weight is 313 g/mol. The van der Waals surface area contributed by atoms with E-state index in [0.717, 1.165) is 5.69 Å². The summed E-state index contributed by atoms with van der Waals surface area (Å²) in [5.74, 6) is 0.547. The van der Waals surface area contributed by atoms with Gasteiger partial charge in [-0.3, -0.25) is 0 Å². The lowest BCUT2D eigenvalue weighted by Crippen LogP contribution is -2.38. The fourth-order valence-electron chi connectivity index (χ4n) is 2.11. The molecule has 2 rings (SSSR count). The van der Waals surface area contributed by atoms with Gasteiger partial charge in [0.2, 0.25) is 0 Å². The molecule has 1 fully saturated rings. The lowest BCUT2D eigenvalue weighted by Gasteiger charge is -2.13. The van der Waals surface area contributed by atoms with Crippen molar-refractivity contribution in [3.8, 4) is 0 Å². The predicted octanol–water partition coefficient (Wildman–Crippen LogP) is 0.750. The first-order valence-corrected chi connectivity index (χ1v) is 8.82. The maximum absolute atomic E-state index is 11.3. The minimum atomic E-state index is -2.81. The van der Waals surface area contributed by atoms with Gasteiger partial charge in [-0.1, -0.05) is 18.2 Å². The Morgan fingerprint density at radius 2 is 2.00 bits per heavy atom. The molecule has 1 aliphatic heterocycles. The van der Waals surface area contributed by atoms with Crippen molar-refractivity contribution in [2.24, 2.45) is 0 Å². The van der Waals surface area contributed by atoms with Gasteiger partial charge in [0.1, 0.15) is 0 Å². The van der Waals surface area contributed by atoms with E-state index in [0.29, 0.717) is 30.4 Å². The first kappa shape index (κ1) is 15.2. The van der Waals surface area contributed by atoms with E-state index in [1.165, 1.54) is 0 Å². The van der Waals surface area contributed by atoms with Crippen LogP contribution in [0.2, 0.25) is 0 Å². The van der Waals surface area contributed by atoms with Crippen LogP contribution in [-0.4, -0.2) is 44.2 Å². The molecule has 0 bridgehead atoms. The highest BCUT2D eigenvalue weighted by Crippen LogP contribution is 2.10. The van der Waals surface area contributed by atoms with E-state index in [4.69, 9.17) is 12.2 Å². The van der Waals surface area contributed by atoms with Gasteiger partial charge in [0.05, 0.1) is 11.5 Å². The first-order valence-electron chi connectivity index (χ1n) is 6.59. The Hall–Kier alpha value is -1.18. The van der Waals surface area contributed by atoms with Crippen LogP contribution in [0.25, 0.3) is 0 Å². The van der Waals surface area contributed by atoms with Crippen molar-refractivity contribution in [2.75, 3.05) is 29.9 Å². The number of thiocarbonyl (C=S) groups is 1. The third-order valence-corrected chi connectivity index (χ3v) is 5.12. The van der Waals surface area contributed by atoms with Crippen LogP contribution in [0, 0.1) is 0 Å². The fraction of sp³-hybridized carbons (Fsp3) is 0.462. The molecule has 0 unspecified atom stereocenters. The third-order valence-electron chi connectivity index (χ3n) is 3.11. The number of benzene rings is 1. The standard InChI is InChI=1S/C13H19N3O2S2/c17-20(18)9-6-12(10-20)14-7-8-15-13(19)16-11-4-2-1-3-5-11/h1-5,12,14H,6-10H2,(H2,15,16,19)/t12-/m1/s1. The minimum absolute atomic E-state index is 0.0810. The smallest absolute Gasteiger partial charge is 0.170 e. The Morgan fingerprint density at radius 3 is 2.65 bits per heavy atom. The Labute approximate surface area is 125 Å². The van der Waals surface area contributed by atoms with Crippen LogP contribution < -0.4 is 16.0 Å². The van der Waals surface area contributed by atoms with E-state index in [-0.39, 0.29) is 11.8 Å². The molecule has 0 radical (unpaired) electrons. The van der Waals surface area contributed by atoms with E-state index in [1.807, 2.05) is 30.3 Å². The van der Waals surface area contributed by atoms with Crippen molar-refractivity contribution in [1.29, 1.82) is 0 Å². The lowest BCUT2D eigenvalue weighted by molar-refractivity contribution is 0.553. The van der Waals surface area contributed by atoms with Crippen LogP contribution in [0.5, 0.6) is 0 Å². The molecule has 3 N–H and O–H groups in total. The Balaban J connectivity index is 1.60. The topological polar surface area (TPSA) is 70.2 Å². The number of para-hydroxylation sites is 1. The summed E-state index contributed by atoms with van der Waals surface area (Å²) in [6, 6.07) is 9.78. The zero-order valence-electron chi connectivity index (χ0n) is 11.1. The summed E-state index contributed by atoms with van der Waals surface area (Å²) in [6.07, 6.45) is 0.703. The summed E-state index contributed by atoms with van der Waals surface area (Å²) in [5, 5.41) is 9.96. The van der Waals surface area contributed by atoms with Gasteiger partial charge in [0.25, 0.3) is 0 Å². The molecule has 0 saturated carbocycles. The number of anilines is 1. The van der Waals surface area contributed by atoms with Crippen molar-refractivity contribution < 1.29 is 8.42 Å². The van der Waals surface area contributed by atoms with Crippen LogP contribution >= 0.6 is 12.2 Å². The molecular formula is C13H19N3O2S2. The van der Waals surface area contributed by atoms with E-state index < -0.39 is 9.84 Å². The first-order chi connectivity index (χ1) is 9.55. The second-order valence-electron chi connectivity index (χ2n) is 4.80. The van der Waals surface area contributed by atoms with Gasteiger partial charge in [-0.05, 0) is 30.8 Å². The largest absolute Gasteiger partial charge is 0.361 e. The van der Waals surface area contributed by atoms with Crippen molar-refractivity contribution in [2.45, 2.75) is 12.5 Å². The minimum Gasteiger partial charge on any atom is -0.361 e. The second-order valence-corrected chi connectivity index (χ2v) is 7.44. The van der Waals surface area contributed by atoms with Crippen LogP contribution in [-0.2, 0) is 9.84 Å². The normalized spacial score (nSPS) is 20.5. The summed E-state index contributed by atoms with van der Waals surface area (Å²) in [7, 11) is -2.81. The lowest BCUT2D eigenvalue weighted by atomic mass is 10.3. The van der Waals surface area contributed by atoms with E-state index in [1.54, 1.807) is 0 Å². The van der Waals surface area contributed by atoms with Crippen LogP contribution in [0.1, 0.15) is 6.42 Å². The van der Waals surface area contributed by atoms with Crippen molar-refractivity contribution in [1.82, 2.24) is 10.6 Å². The Kier molecular flexibility index (Phi) is 5.33. The molecule has 0 aliphatic carbocycles. The SMILES string of the molecule is O=S1(=O)CC[C@@H](NCCNC(=S)Nc2ccccc2)C1. The number of sulfone groups is 1. The molecule has 1 saturated heterocycles. The van der Waals surface area contributed by atoms with Crippen molar-refractivity contribution in [3.63, 3.8) is 0 Å². The van der Waals surface area contributed by atoms with Gasteiger partial charge in [-0.15, -0.1) is 0 Å². The van der Waals surface area contributed by atoms with Gasteiger partial charge < -0.3 is 16.0 Å². The average Bonchev–Trinajstić information content (AvgIpc) is 2.75. The van der Waals surface area contributed by atoms with Crippen LogP contribution in [0.3, 0.4) is 0 Å². The molecule has 5 nitrogen and oxygen atoms in total. The highest BCUT2D eigenvalue weighted by molar-refractivity contribution is 7.91. The second kappa shape index (κ2) is 7.01. The molecule has 0 aromatic heterocycles. The van der Waals surface area contributed by atoms with Crippen molar-refractivity contribution in [3.05, 3.63) is 30.3 Å². The zero-order valence-corrected chi connectivity index (χ0v) is 12.8. The Morgan fingerprint density at radius 1 is 1.25 bits per heavy atom. The highest BCUT2D eigenvalue weighted by atomic mass is 32.2. The molecule has 1 heterocycles. The summed E-state index contributed by atoms with van der Waals surface area (Å²) in [5.41, 5.74) is 0.944. The monoisotopic (exact) mass is 313 g/mol. The molecule has 0 amide bonds. The molecule has 1 aromatic rings. The van der Waals surface area contributed by atoms with Gasteiger partial charge >= 0.3 is 0 Å². The van der Waals surface area contributed by atoms with Gasteiger partial charge in [0, 0.05) is 24.8 Å². The third kappa shape index (κ3) is 5.07. The van der Waals surface area contributed by atoms with Gasteiger partial charge in [-0.2, -0.15) is 0 Å². The maximum Gasteiger partial charge on any atom is 0.170 e. The molecule has 20 heavy (non-hydrogen) atoms. The summed E-state index contributed by atoms with van der Waals surface area (Å²) < 4.78 is 22.6. The molecule has 1 aromatic carbocycles. The number of nitrogens with one attached hydrogen (secondary N) is 3.